The second kappa shape index (κ2) is 10.4. The van der Waals surface area contributed by atoms with E-state index in [4.69, 9.17) is 34.8 Å². The summed E-state index contributed by atoms with van der Waals surface area (Å²) in [5, 5.41) is 3.56. The van der Waals surface area contributed by atoms with Crippen LogP contribution in [0.2, 0.25) is 15.1 Å². The highest BCUT2D eigenvalue weighted by atomic mass is 35.5. The van der Waals surface area contributed by atoms with Crippen molar-refractivity contribution in [1.29, 1.82) is 0 Å². The van der Waals surface area contributed by atoms with E-state index in [1.807, 2.05) is 0 Å². The maximum atomic E-state index is 12.9. The molecule has 2 aromatic carbocycles. The van der Waals surface area contributed by atoms with E-state index in [2.05, 4.69) is 10.1 Å². The molecule has 1 saturated heterocycles. The highest BCUT2D eigenvalue weighted by Crippen LogP contribution is 2.27. The number of carbonyl (C=O) groups excluding carboxylic acids is 2. The third kappa shape index (κ3) is 5.94. The van der Waals surface area contributed by atoms with Gasteiger partial charge in [-0.3, -0.25) is 4.79 Å². The summed E-state index contributed by atoms with van der Waals surface area (Å²) in [6, 6.07) is 9.16. The molecule has 2 aromatic rings. The molecule has 0 aliphatic carbocycles. The normalized spacial score (nSPS) is 17.1. The third-order valence-corrected chi connectivity index (χ3v) is 8.01. The highest BCUT2D eigenvalue weighted by molar-refractivity contribution is 7.88. The van der Waals surface area contributed by atoms with Gasteiger partial charge in [0.2, 0.25) is 15.9 Å². The lowest BCUT2D eigenvalue weighted by Crippen LogP contribution is -2.44. The number of ether oxygens (including phenoxy) is 1. The van der Waals surface area contributed by atoms with Gasteiger partial charge in [-0.15, -0.1) is 0 Å². The van der Waals surface area contributed by atoms with E-state index in [1.54, 1.807) is 18.2 Å². The number of anilines is 1. The highest BCUT2D eigenvalue weighted by Gasteiger charge is 2.32. The Kier molecular flexibility index (Phi) is 8.06. The summed E-state index contributed by atoms with van der Waals surface area (Å²) in [5.74, 6) is -1.73. The van der Waals surface area contributed by atoms with Crippen molar-refractivity contribution in [2.75, 3.05) is 25.5 Å². The smallest absolute Gasteiger partial charge is 0.339 e. The summed E-state index contributed by atoms with van der Waals surface area (Å²) in [7, 11) is -2.42. The Hall–Kier alpha value is -1.84. The van der Waals surface area contributed by atoms with Crippen molar-refractivity contribution in [2.45, 2.75) is 18.6 Å². The van der Waals surface area contributed by atoms with Crippen molar-refractivity contribution < 1.29 is 22.7 Å². The first-order valence-corrected chi connectivity index (χ1v) is 12.5. The van der Waals surface area contributed by atoms with Gasteiger partial charge in [-0.05, 0) is 48.7 Å². The monoisotopic (exact) mass is 518 g/mol. The van der Waals surface area contributed by atoms with E-state index in [0.29, 0.717) is 35.7 Å². The van der Waals surface area contributed by atoms with Crippen molar-refractivity contribution in [3.8, 4) is 0 Å². The van der Waals surface area contributed by atoms with Crippen molar-refractivity contribution >= 4 is 62.4 Å². The molecule has 1 N–H and O–H groups in total. The van der Waals surface area contributed by atoms with Gasteiger partial charge in [0.25, 0.3) is 0 Å². The van der Waals surface area contributed by atoms with Crippen LogP contribution >= 0.6 is 34.8 Å². The lowest BCUT2D eigenvalue weighted by molar-refractivity contribution is -0.120. The topological polar surface area (TPSA) is 92.8 Å². The largest absolute Gasteiger partial charge is 0.465 e. The number of carbonyl (C=O) groups is 2. The third-order valence-electron chi connectivity index (χ3n) is 5.12. The van der Waals surface area contributed by atoms with Crippen molar-refractivity contribution in [3.63, 3.8) is 0 Å². The van der Waals surface area contributed by atoms with Gasteiger partial charge in [0.1, 0.15) is 0 Å². The van der Waals surface area contributed by atoms with E-state index in [0.717, 1.165) is 0 Å². The summed E-state index contributed by atoms with van der Waals surface area (Å²) in [6.45, 7) is 0.397. The minimum absolute atomic E-state index is 0.0624. The number of esters is 1. The quantitative estimate of drug-likeness (QED) is 0.563. The molecule has 3 rings (SSSR count). The van der Waals surface area contributed by atoms with Crippen LogP contribution in [0.5, 0.6) is 0 Å². The number of amides is 1. The van der Waals surface area contributed by atoms with Gasteiger partial charge in [0, 0.05) is 18.8 Å². The van der Waals surface area contributed by atoms with Crippen LogP contribution in [0.3, 0.4) is 0 Å². The maximum absolute atomic E-state index is 12.9. The van der Waals surface area contributed by atoms with E-state index in [-0.39, 0.29) is 33.8 Å². The fraction of sp³-hybridized carbons (Fsp3) is 0.333. The Bertz CT molecular complexity index is 1140. The Morgan fingerprint density at radius 2 is 1.81 bits per heavy atom. The minimum Gasteiger partial charge on any atom is -0.465 e. The summed E-state index contributed by atoms with van der Waals surface area (Å²) in [5.41, 5.74) is 1.01. The first-order valence-electron chi connectivity index (χ1n) is 9.71. The van der Waals surface area contributed by atoms with Crippen molar-refractivity contribution in [2.24, 2.45) is 5.92 Å². The number of piperidine rings is 1. The fourth-order valence-electron chi connectivity index (χ4n) is 3.45. The molecule has 1 atom stereocenters. The van der Waals surface area contributed by atoms with E-state index in [9.17, 15) is 18.0 Å². The van der Waals surface area contributed by atoms with E-state index < -0.39 is 21.9 Å². The lowest BCUT2D eigenvalue weighted by Gasteiger charge is -2.31. The molecule has 0 bridgehead atoms. The van der Waals surface area contributed by atoms with Crippen LogP contribution in [0.25, 0.3) is 0 Å². The number of sulfonamides is 1. The molecule has 1 aliphatic rings. The summed E-state index contributed by atoms with van der Waals surface area (Å²) >= 11 is 17.9. The van der Waals surface area contributed by atoms with Crippen LogP contribution in [0.4, 0.5) is 5.69 Å². The van der Waals surface area contributed by atoms with Crippen LogP contribution in [0, 0.1) is 5.92 Å². The van der Waals surface area contributed by atoms with Gasteiger partial charge < -0.3 is 10.1 Å². The minimum atomic E-state index is -3.66. The molecule has 0 unspecified atom stereocenters. The van der Waals surface area contributed by atoms with E-state index >= 15 is 0 Å². The molecule has 0 radical (unpaired) electrons. The second-order valence-electron chi connectivity index (χ2n) is 7.38. The van der Waals surface area contributed by atoms with Crippen LogP contribution in [-0.4, -0.2) is 44.8 Å². The number of rotatable bonds is 6. The number of methoxy groups -OCH3 is 1. The second-order valence-corrected chi connectivity index (χ2v) is 10.6. The zero-order valence-corrected chi connectivity index (χ0v) is 20.2. The predicted molar refractivity (Wildman–Crippen MR) is 125 cm³/mol. The molecular weight excluding hydrogens is 499 g/mol. The van der Waals surface area contributed by atoms with Crippen LogP contribution in [0.1, 0.15) is 28.8 Å². The number of nitrogens with zero attached hydrogens (tertiary/aromatic N) is 1. The van der Waals surface area contributed by atoms with Gasteiger partial charge >= 0.3 is 5.97 Å². The van der Waals surface area contributed by atoms with E-state index in [1.165, 1.54) is 29.6 Å². The number of nitrogens with one attached hydrogen (secondary N) is 1. The lowest BCUT2D eigenvalue weighted by atomic mass is 9.98. The van der Waals surface area contributed by atoms with Crippen LogP contribution in [-0.2, 0) is 25.3 Å². The molecule has 0 spiro atoms. The van der Waals surface area contributed by atoms with Gasteiger partial charge in [-0.2, -0.15) is 0 Å². The average Bonchev–Trinajstić information content (AvgIpc) is 2.77. The Labute approximate surface area is 201 Å². The van der Waals surface area contributed by atoms with Gasteiger partial charge in [-0.25, -0.2) is 17.5 Å². The molecule has 1 heterocycles. The molecule has 0 aromatic heterocycles. The Morgan fingerprint density at radius 3 is 2.50 bits per heavy atom. The molecule has 172 valence electrons. The summed E-state index contributed by atoms with van der Waals surface area (Å²) in [6.07, 6.45) is 1.09. The molecular formula is C21H21Cl3N2O5S. The predicted octanol–water partition coefficient (Wildman–Crippen LogP) is 4.61. The number of hydrogen-bond donors (Lipinski definition) is 1. The first-order chi connectivity index (χ1) is 15.1. The number of hydrogen-bond acceptors (Lipinski definition) is 5. The molecule has 11 heteroatoms. The van der Waals surface area contributed by atoms with Crippen molar-refractivity contribution in [3.05, 3.63) is 62.6 Å². The fourth-order valence-corrected chi connectivity index (χ4v) is 5.57. The SMILES string of the molecule is COC(=O)c1cc(NC(=O)[C@@H]2CCCN(S(=O)(=O)Cc3ccc(Cl)c(Cl)c3)C2)ccc1Cl. The van der Waals surface area contributed by atoms with Crippen LogP contribution in [0.15, 0.2) is 36.4 Å². The van der Waals surface area contributed by atoms with Gasteiger partial charge in [0.15, 0.2) is 0 Å². The average molecular weight is 520 g/mol. The molecule has 1 amide bonds. The van der Waals surface area contributed by atoms with Gasteiger partial charge in [-0.1, -0.05) is 40.9 Å². The standard InChI is InChI=1S/C21H21Cl3N2O5S/c1-31-21(28)16-10-15(5-7-17(16)22)25-20(27)14-3-2-8-26(11-14)32(29,30)12-13-4-6-18(23)19(24)9-13/h4-7,9-10,14H,2-3,8,11-12H2,1H3,(H,25,27)/t14-/m1/s1. The van der Waals surface area contributed by atoms with Gasteiger partial charge in [0.05, 0.1) is 39.4 Å². The Morgan fingerprint density at radius 1 is 1.09 bits per heavy atom. The zero-order valence-electron chi connectivity index (χ0n) is 17.1. The molecule has 7 nitrogen and oxygen atoms in total. The maximum Gasteiger partial charge on any atom is 0.339 e. The Balaban J connectivity index is 1.69. The van der Waals surface area contributed by atoms with Crippen LogP contribution < -0.4 is 5.32 Å². The summed E-state index contributed by atoms with van der Waals surface area (Å²) < 4.78 is 31.8. The number of halogens is 3. The molecule has 1 fully saturated rings. The van der Waals surface area contributed by atoms with Crippen molar-refractivity contribution in [1.82, 2.24) is 4.31 Å². The number of benzene rings is 2. The molecule has 1 aliphatic heterocycles. The zero-order chi connectivity index (χ0) is 23.5. The summed E-state index contributed by atoms with van der Waals surface area (Å²) in [4.78, 5) is 24.6. The molecule has 32 heavy (non-hydrogen) atoms. The first kappa shape index (κ1) is 24.8. The molecule has 0 saturated carbocycles.